The Balaban J connectivity index is 1.95. The van der Waals surface area contributed by atoms with E-state index in [0.29, 0.717) is 0 Å². The zero-order chi connectivity index (χ0) is 15.1. The summed E-state index contributed by atoms with van der Waals surface area (Å²) in [6, 6.07) is 21.1. The summed E-state index contributed by atoms with van der Waals surface area (Å²) in [7, 11) is 0. The monoisotopic (exact) mass is 284 g/mol. The molecule has 1 aromatic heterocycles. The predicted octanol–water partition coefficient (Wildman–Crippen LogP) is 4.95. The van der Waals surface area contributed by atoms with Crippen LogP contribution in [0.1, 0.15) is 5.56 Å². The highest BCUT2D eigenvalue weighted by Gasteiger charge is 2.06. The zero-order valence-electron chi connectivity index (χ0n) is 12.4. The molecule has 2 N–H and O–H groups in total. The second-order valence-corrected chi connectivity index (χ2v) is 5.65. The SMILES string of the molecule is Cc1cccc2cc(-c3cc(N)c4ncccc4c3)ccc12. The van der Waals surface area contributed by atoms with Crippen LogP contribution >= 0.6 is 0 Å². The predicted molar refractivity (Wildman–Crippen MR) is 93.8 cm³/mol. The van der Waals surface area contributed by atoms with Gasteiger partial charge in [0.25, 0.3) is 0 Å². The average Bonchev–Trinajstić information content (AvgIpc) is 2.55. The van der Waals surface area contributed by atoms with Crippen molar-refractivity contribution in [3.05, 3.63) is 72.4 Å². The van der Waals surface area contributed by atoms with Gasteiger partial charge in [-0.25, -0.2) is 0 Å². The first-order chi connectivity index (χ1) is 10.7. The third-order valence-corrected chi connectivity index (χ3v) is 4.17. The number of benzene rings is 3. The summed E-state index contributed by atoms with van der Waals surface area (Å²) < 4.78 is 0. The van der Waals surface area contributed by atoms with Gasteiger partial charge in [-0.05, 0) is 58.7 Å². The second kappa shape index (κ2) is 4.85. The number of anilines is 1. The zero-order valence-corrected chi connectivity index (χ0v) is 12.4. The molecule has 0 saturated heterocycles. The molecule has 0 atom stereocenters. The summed E-state index contributed by atoms with van der Waals surface area (Å²) in [6.45, 7) is 2.14. The highest BCUT2D eigenvalue weighted by Crippen LogP contribution is 2.30. The lowest BCUT2D eigenvalue weighted by molar-refractivity contribution is 1.41. The number of hydrogen-bond acceptors (Lipinski definition) is 2. The van der Waals surface area contributed by atoms with Crippen LogP contribution in [0.5, 0.6) is 0 Å². The van der Waals surface area contributed by atoms with Crippen molar-refractivity contribution < 1.29 is 0 Å². The van der Waals surface area contributed by atoms with Gasteiger partial charge in [0.1, 0.15) is 0 Å². The number of fused-ring (bicyclic) bond motifs is 2. The van der Waals surface area contributed by atoms with Crippen molar-refractivity contribution in [1.82, 2.24) is 4.98 Å². The fourth-order valence-corrected chi connectivity index (χ4v) is 3.01. The molecule has 22 heavy (non-hydrogen) atoms. The lowest BCUT2D eigenvalue weighted by Crippen LogP contribution is -1.91. The van der Waals surface area contributed by atoms with Crippen molar-refractivity contribution in [2.45, 2.75) is 6.92 Å². The molecule has 3 aromatic carbocycles. The molecule has 0 saturated carbocycles. The molecular formula is C20H16N2. The molecule has 0 aliphatic rings. The van der Waals surface area contributed by atoms with Gasteiger partial charge in [0.15, 0.2) is 0 Å². The highest BCUT2D eigenvalue weighted by molar-refractivity contribution is 5.96. The molecule has 0 aliphatic carbocycles. The Morgan fingerprint density at radius 3 is 2.55 bits per heavy atom. The number of aromatic nitrogens is 1. The standard InChI is InChI=1S/C20H16N2/c1-13-4-2-5-15-10-14(7-8-18(13)15)17-11-16-6-3-9-22-20(16)19(21)12-17/h2-12H,21H2,1H3. The molecule has 4 rings (SSSR count). The molecule has 0 fully saturated rings. The van der Waals surface area contributed by atoms with Gasteiger partial charge < -0.3 is 5.73 Å². The van der Waals surface area contributed by atoms with E-state index in [1.165, 1.54) is 21.9 Å². The van der Waals surface area contributed by atoms with Crippen molar-refractivity contribution in [1.29, 1.82) is 0 Å². The van der Waals surface area contributed by atoms with Crippen LogP contribution in [-0.4, -0.2) is 4.98 Å². The van der Waals surface area contributed by atoms with Crippen molar-refractivity contribution >= 4 is 27.4 Å². The van der Waals surface area contributed by atoms with Crippen molar-refractivity contribution in [2.24, 2.45) is 0 Å². The van der Waals surface area contributed by atoms with E-state index >= 15 is 0 Å². The Hall–Kier alpha value is -2.87. The number of nitrogen functional groups attached to an aromatic ring is 1. The van der Waals surface area contributed by atoms with E-state index in [0.717, 1.165) is 22.2 Å². The van der Waals surface area contributed by atoms with Crippen LogP contribution in [-0.2, 0) is 0 Å². The topological polar surface area (TPSA) is 38.9 Å². The van der Waals surface area contributed by atoms with Crippen LogP contribution in [0.3, 0.4) is 0 Å². The Morgan fingerprint density at radius 2 is 1.64 bits per heavy atom. The Morgan fingerprint density at radius 1 is 0.818 bits per heavy atom. The molecule has 1 heterocycles. The van der Waals surface area contributed by atoms with Gasteiger partial charge >= 0.3 is 0 Å². The Kier molecular flexibility index (Phi) is 2.83. The largest absolute Gasteiger partial charge is 0.397 e. The minimum Gasteiger partial charge on any atom is -0.397 e. The molecule has 2 nitrogen and oxygen atoms in total. The third-order valence-electron chi connectivity index (χ3n) is 4.17. The van der Waals surface area contributed by atoms with E-state index in [1.54, 1.807) is 6.20 Å². The molecular weight excluding hydrogens is 268 g/mol. The molecule has 2 heteroatoms. The number of aryl methyl sites for hydroxylation is 1. The Bertz CT molecular complexity index is 1000. The van der Waals surface area contributed by atoms with Gasteiger partial charge in [-0.1, -0.05) is 36.4 Å². The molecule has 0 unspecified atom stereocenters. The maximum atomic E-state index is 6.17. The molecule has 0 amide bonds. The van der Waals surface area contributed by atoms with Crippen LogP contribution in [0.15, 0.2) is 66.9 Å². The summed E-state index contributed by atoms with van der Waals surface area (Å²) in [5.41, 5.74) is 11.4. The number of pyridine rings is 1. The van der Waals surface area contributed by atoms with Crippen molar-refractivity contribution in [3.63, 3.8) is 0 Å². The Labute approximate surface area is 129 Å². The molecule has 106 valence electrons. The molecule has 4 aromatic rings. The van der Waals surface area contributed by atoms with Crippen LogP contribution in [0.2, 0.25) is 0 Å². The third kappa shape index (κ3) is 2.01. The average molecular weight is 284 g/mol. The summed E-state index contributed by atoms with van der Waals surface area (Å²) in [5, 5.41) is 3.62. The smallest absolute Gasteiger partial charge is 0.0931 e. The van der Waals surface area contributed by atoms with Crippen LogP contribution in [0.25, 0.3) is 32.8 Å². The van der Waals surface area contributed by atoms with Crippen LogP contribution in [0.4, 0.5) is 5.69 Å². The number of rotatable bonds is 1. The van der Waals surface area contributed by atoms with E-state index in [9.17, 15) is 0 Å². The number of hydrogen-bond donors (Lipinski definition) is 1. The molecule has 0 radical (unpaired) electrons. The van der Waals surface area contributed by atoms with Crippen LogP contribution < -0.4 is 5.73 Å². The highest BCUT2D eigenvalue weighted by atomic mass is 14.7. The van der Waals surface area contributed by atoms with E-state index < -0.39 is 0 Å². The van der Waals surface area contributed by atoms with E-state index in [-0.39, 0.29) is 0 Å². The normalized spacial score (nSPS) is 11.1. The minimum absolute atomic E-state index is 0.720. The van der Waals surface area contributed by atoms with E-state index in [2.05, 4.69) is 54.4 Å². The van der Waals surface area contributed by atoms with Gasteiger partial charge in [-0.15, -0.1) is 0 Å². The van der Waals surface area contributed by atoms with Crippen molar-refractivity contribution in [2.75, 3.05) is 5.73 Å². The van der Waals surface area contributed by atoms with Gasteiger partial charge in [0, 0.05) is 11.6 Å². The summed E-state index contributed by atoms with van der Waals surface area (Å²) in [5.74, 6) is 0. The fraction of sp³-hybridized carbons (Fsp3) is 0.0500. The van der Waals surface area contributed by atoms with E-state index in [1.807, 2.05) is 18.2 Å². The van der Waals surface area contributed by atoms with Gasteiger partial charge in [-0.3, -0.25) is 4.98 Å². The van der Waals surface area contributed by atoms with Gasteiger partial charge in [0.05, 0.1) is 11.2 Å². The summed E-state index contributed by atoms with van der Waals surface area (Å²) in [4.78, 5) is 4.35. The molecule has 0 spiro atoms. The quantitative estimate of drug-likeness (QED) is 0.502. The number of nitrogens with two attached hydrogens (primary N) is 1. The summed E-state index contributed by atoms with van der Waals surface area (Å²) >= 11 is 0. The first kappa shape index (κ1) is 12.8. The minimum atomic E-state index is 0.720. The fourth-order valence-electron chi connectivity index (χ4n) is 3.01. The molecule has 0 bridgehead atoms. The lowest BCUT2D eigenvalue weighted by Gasteiger charge is -2.09. The first-order valence-corrected chi connectivity index (χ1v) is 7.36. The van der Waals surface area contributed by atoms with Gasteiger partial charge in [-0.2, -0.15) is 0 Å². The van der Waals surface area contributed by atoms with Crippen LogP contribution in [0, 0.1) is 6.92 Å². The van der Waals surface area contributed by atoms with Gasteiger partial charge in [0.2, 0.25) is 0 Å². The molecule has 0 aliphatic heterocycles. The summed E-state index contributed by atoms with van der Waals surface area (Å²) in [6.07, 6.45) is 1.77. The van der Waals surface area contributed by atoms with Crippen molar-refractivity contribution in [3.8, 4) is 11.1 Å². The second-order valence-electron chi connectivity index (χ2n) is 5.65. The maximum Gasteiger partial charge on any atom is 0.0931 e. The first-order valence-electron chi connectivity index (χ1n) is 7.36. The maximum absolute atomic E-state index is 6.17. The van der Waals surface area contributed by atoms with E-state index in [4.69, 9.17) is 5.73 Å². The lowest BCUT2D eigenvalue weighted by atomic mass is 9.97. The number of nitrogens with zero attached hydrogens (tertiary/aromatic N) is 1.